The summed E-state index contributed by atoms with van der Waals surface area (Å²) < 4.78 is 31.6. The van der Waals surface area contributed by atoms with Gasteiger partial charge in [0.05, 0.1) is 6.42 Å². The summed E-state index contributed by atoms with van der Waals surface area (Å²) >= 11 is 0. The lowest BCUT2D eigenvalue weighted by Crippen LogP contribution is -2.49. The van der Waals surface area contributed by atoms with Crippen LogP contribution in [0.4, 0.5) is 13.6 Å². The number of hydrogen-bond donors (Lipinski definition) is 3. The number of carboxylic acid groups (broad SMARTS) is 1. The van der Waals surface area contributed by atoms with Crippen molar-refractivity contribution < 1.29 is 33.0 Å². The van der Waals surface area contributed by atoms with Crippen molar-refractivity contribution in [3.05, 3.63) is 59.7 Å². The van der Waals surface area contributed by atoms with E-state index in [-0.39, 0.29) is 37.3 Å². The number of fused-ring (bicyclic) bond motifs is 3. The molecule has 0 aliphatic heterocycles. The van der Waals surface area contributed by atoms with Gasteiger partial charge < -0.3 is 20.5 Å². The summed E-state index contributed by atoms with van der Waals surface area (Å²) in [6, 6.07) is 14.1. The van der Waals surface area contributed by atoms with Gasteiger partial charge in [-0.15, -0.1) is 0 Å². The average molecular weight is 487 g/mol. The maximum atomic E-state index is 13.1. The first kappa shape index (κ1) is 24.6. The second kappa shape index (κ2) is 10.8. The van der Waals surface area contributed by atoms with E-state index in [2.05, 4.69) is 10.6 Å². The Morgan fingerprint density at radius 3 is 2.14 bits per heavy atom. The van der Waals surface area contributed by atoms with Crippen molar-refractivity contribution in [3.63, 3.8) is 0 Å². The molecule has 0 spiro atoms. The topological polar surface area (TPSA) is 105 Å². The molecule has 2 amide bonds. The number of alkyl carbamates (subject to hydrolysis) is 1. The number of halogens is 2. The number of carboxylic acids is 1. The Labute approximate surface area is 201 Å². The van der Waals surface area contributed by atoms with E-state index < -0.39 is 36.9 Å². The number of nitrogens with one attached hydrogen (secondary N) is 2. The van der Waals surface area contributed by atoms with Crippen LogP contribution in [-0.2, 0) is 14.3 Å². The maximum absolute atomic E-state index is 13.1. The Kier molecular flexibility index (Phi) is 7.63. The first-order chi connectivity index (χ1) is 16.8. The van der Waals surface area contributed by atoms with Gasteiger partial charge in [-0.25, -0.2) is 13.6 Å². The van der Waals surface area contributed by atoms with E-state index in [1.165, 1.54) is 0 Å². The molecule has 7 nitrogen and oxygen atoms in total. The summed E-state index contributed by atoms with van der Waals surface area (Å²) in [6.07, 6.45) is -3.00. The minimum Gasteiger partial charge on any atom is -0.481 e. The van der Waals surface area contributed by atoms with Gasteiger partial charge in [0.2, 0.25) is 12.3 Å². The van der Waals surface area contributed by atoms with E-state index in [1.807, 2.05) is 48.5 Å². The molecule has 2 aliphatic rings. The van der Waals surface area contributed by atoms with Crippen LogP contribution >= 0.6 is 0 Å². The van der Waals surface area contributed by atoms with Crippen molar-refractivity contribution in [2.75, 3.05) is 13.2 Å². The highest BCUT2D eigenvalue weighted by atomic mass is 19.3. The molecular weight excluding hydrogens is 458 g/mol. The molecule has 1 saturated carbocycles. The van der Waals surface area contributed by atoms with E-state index >= 15 is 0 Å². The number of ether oxygens (including phenoxy) is 1. The van der Waals surface area contributed by atoms with Crippen LogP contribution in [-0.4, -0.2) is 48.7 Å². The molecular formula is C26H28F2N2O5. The van der Waals surface area contributed by atoms with Crippen molar-refractivity contribution in [2.24, 2.45) is 11.8 Å². The van der Waals surface area contributed by atoms with Crippen molar-refractivity contribution in [1.82, 2.24) is 10.6 Å². The number of carbonyl (C=O) groups is 3. The molecule has 35 heavy (non-hydrogen) atoms. The molecule has 2 atom stereocenters. The van der Waals surface area contributed by atoms with Crippen molar-refractivity contribution in [1.29, 1.82) is 0 Å². The number of aliphatic carboxylic acids is 1. The van der Waals surface area contributed by atoms with Gasteiger partial charge in [-0.2, -0.15) is 0 Å². The van der Waals surface area contributed by atoms with Crippen LogP contribution in [0.5, 0.6) is 0 Å². The van der Waals surface area contributed by atoms with Crippen LogP contribution < -0.4 is 10.6 Å². The molecule has 4 rings (SSSR count). The van der Waals surface area contributed by atoms with Crippen LogP contribution in [0.2, 0.25) is 0 Å². The minimum absolute atomic E-state index is 0.00869. The third kappa shape index (κ3) is 6.15. The molecule has 2 aromatic carbocycles. The summed E-state index contributed by atoms with van der Waals surface area (Å²) in [5.74, 6) is -2.02. The third-order valence-electron chi connectivity index (χ3n) is 6.63. The zero-order valence-corrected chi connectivity index (χ0v) is 19.1. The van der Waals surface area contributed by atoms with E-state index in [1.54, 1.807) is 0 Å². The van der Waals surface area contributed by atoms with Crippen LogP contribution in [0.25, 0.3) is 11.1 Å². The smallest absolute Gasteiger partial charge is 0.407 e. The Balaban J connectivity index is 1.36. The van der Waals surface area contributed by atoms with Gasteiger partial charge in [-0.3, -0.25) is 9.59 Å². The average Bonchev–Trinajstić information content (AvgIpc) is 3.62. The van der Waals surface area contributed by atoms with Crippen molar-refractivity contribution >= 4 is 18.0 Å². The summed E-state index contributed by atoms with van der Waals surface area (Å²) in [4.78, 5) is 36.1. The Bertz CT molecular complexity index is 1040. The van der Waals surface area contributed by atoms with E-state index in [0.29, 0.717) is 0 Å². The van der Waals surface area contributed by atoms with E-state index in [4.69, 9.17) is 9.84 Å². The van der Waals surface area contributed by atoms with Gasteiger partial charge in [0, 0.05) is 18.9 Å². The fraction of sp³-hybridized carbons (Fsp3) is 0.423. The van der Waals surface area contributed by atoms with Gasteiger partial charge in [-0.05, 0) is 46.9 Å². The third-order valence-corrected chi connectivity index (χ3v) is 6.63. The Morgan fingerprint density at radius 1 is 1.00 bits per heavy atom. The molecule has 0 bridgehead atoms. The first-order valence-corrected chi connectivity index (χ1v) is 11.7. The van der Waals surface area contributed by atoms with Crippen molar-refractivity contribution in [3.8, 4) is 11.1 Å². The molecule has 1 fully saturated rings. The fourth-order valence-corrected chi connectivity index (χ4v) is 4.74. The normalized spacial score (nSPS) is 16.2. The SMILES string of the molecule is O=C(O)CC(CNC(=O)C(CC(F)F)NC(=O)OCC1c2ccccc2-c2ccccc21)C1CC1. The van der Waals surface area contributed by atoms with Gasteiger partial charge in [-0.1, -0.05) is 48.5 Å². The molecule has 0 radical (unpaired) electrons. The highest BCUT2D eigenvalue weighted by molar-refractivity contribution is 5.86. The number of carbonyl (C=O) groups excluding carboxylic acids is 2. The summed E-state index contributed by atoms with van der Waals surface area (Å²) in [7, 11) is 0. The standard InChI is InChI=1S/C26H28F2N2O5/c27-23(28)12-22(25(33)29-13-16(11-24(31)32)15-9-10-15)30-26(34)35-14-21-19-7-3-1-5-17(19)18-6-2-4-8-20(18)21/h1-8,15-16,21-23H,9-14H2,(H,29,33)(H,30,34)(H,31,32). The largest absolute Gasteiger partial charge is 0.481 e. The minimum atomic E-state index is -2.82. The maximum Gasteiger partial charge on any atom is 0.407 e. The number of alkyl halides is 2. The Hall–Kier alpha value is -3.49. The highest BCUT2D eigenvalue weighted by Crippen LogP contribution is 2.44. The molecule has 2 aliphatic carbocycles. The zero-order valence-electron chi connectivity index (χ0n) is 19.1. The monoisotopic (exact) mass is 486 g/mol. The van der Waals surface area contributed by atoms with Gasteiger partial charge in [0.25, 0.3) is 0 Å². The molecule has 2 aromatic rings. The fourth-order valence-electron chi connectivity index (χ4n) is 4.74. The van der Waals surface area contributed by atoms with Crippen LogP contribution in [0, 0.1) is 11.8 Å². The lowest BCUT2D eigenvalue weighted by molar-refractivity contribution is -0.138. The van der Waals surface area contributed by atoms with Crippen LogP contribution in [0.15, 0.2) is 48.5 Å². The highest BCUT2D eigenvalue weighted by Gasteiger charge is 2.34. The number of hydrogen-bond acceptors (Lipinski definition) is 4. The molecule has 0 saturated heterocycles. The zero-order chi connectivity index (χ0) is 24.9. The van der Waals surface area contributed by atoms with Gasteiger partial charge in [0.15, 0.2) is 0 Å². The molecule has 3 N–H and O–H groups in total. The van der Waals surface area contributed by atoms with E-state index in [0.717, 1.165) is 35.1 Å². The van der Waals surface area contributed by atoms with Crippen molar-refractivity contribution in [2.45, 2.75) is 44.1 Å². The summed E-state index contributed by atoms with van der Waals surface area (Å²) in [5.41, 5.74) is 4.12. The second-order valence-corrected chi connectivity index (χ2v) is 9.09. The lowest BCUT2D eigenvalue weighted by atomic mass is 9.98. The molecule has 9 heteroatoms. The summed E-state index contributed by atoms with van der Waals surface area (Å²) in [6.45, 7) is 0.0488. The predicted octanol–water partition coefficient (Wildman–Crippen LogP) is 4.17. The van der Waals surface area contributed by atoms with Gasteiger partial charge >= 0.3 is 12.1 Å². The van der Waals surface area contributed by atoms with Gasteiger partial charge in [0.1, 0.15) is 12.6 Å². The number of rotatable bonds is 11. The molecule has 186 valence electrons. The number of amides is 2. The van der Waals surface area contributed by atoms with Crippen LogP contribution in [0.1, 0.15) is 42.7 Å². The molecule has 0 aromatic heterocycles. The van der Waals surface area contributed by atoms with Crippen LogP contribution in [0.3, 0.4) is 0 Å². The first-order valence-electron chi connectivity index (χ1n) is 11.7. The lowest BCUT2D eigenvalue weighted by Gasteiger charge is -2.21. The second-order valence-electron chi connectivity index (χ2n) is 9.09. The number of benzene rings is 2. The van der Waals surface area contributed by atoms with E-state index in [9.17, 15) is 23.2 Å². The molecule has 2 unspecified atom stereocenters. The quantitative estimate of drug-likeness (QED) is 0.442. The predicted molar refractivity (Wildman–Crippen MR) is 124 cm³/mol. The molecule has 0 heterocycles. The Morgan fingerprint density at radius 2 is 1.60 bits per heavy atom. The summed E-state index contributed by atoms with van der Waals surface area (Å²) in [5, 5.41) is 13.9.